The quantitative estimate of drug-likeness (QED) is 0.722. The molecule has 1 aromatic carbocycles. The highest BCUT2D eigenvalue weighted by atomic mass is 35.5. The molecule has 2 nitrogen and oxygen atoms in total. The van der Waals surface area contributed by atoms with Crippen molar-refractivity contribution in [1.82, 2.24) is 4.90 Å². The molecule has 0 aliphatic rings. The molecule has 0 spiro atoms. The number of benzene rings is 1. The summed E-state index contributed by atoms with van der Waals surface area (Å²) < 4.78 is 0. The molecule has 0 aliphatic carbocycles. The Morgan fingerprint density at radius 2 is 1.47 bits per heavy atom. The van der Waals surface area contributed by atoms with E-state index in [9.17, 15) is 5.11 Å². The maximum atomic E-state index is 9.57. The summed E-state index contributed by atoms with van der Waals surface area (Å²) in [4.78, 5) is 2.42. The number of rotatable bonds is 8. The zero-order valence-corrected chi connectivity index (χ0v) is 13.3. The van der Waals surface area contributed by atoms with Crippen molar-refractivity contribution < 1.29 is 5.11 Å². The summed E-state index contributed by atoms with van der Waals surface area (Å²) in [5, 5.41) is 10.2. The third kappa shape index (κ3) is 5.60. The summed E-state index contributed by atoms with van der Waals surface area (Å²) >= 11 is 11.9. The van der Waals surface area contributed by atoms with Gasteiger partial charge in [0.1, 0.15) is 0 Å². The first-order valence-electron chi connectivity index (χ1n) is 6.97. The topological polar surface area (TPSA) is 23.5 Å². The average Bonchev–Trinajstić information content (AvgIpc) is 2.39. The van der Waals surface area contributed by atoms with Gasteiger partial charge in [-0.05, 0) is 43.6 Å². The van der Waals surface area contributed by atoms with E-state index in [1.54, 1.807) is 12.1 Å². The number of hydrogen-bond donors (Lipinski definition) is 1. The van der Waals surface area contributed by atoms with E-state index in [0.717, 1.165) is 25.2 Å². The minimum absolute atomic E-state index is 0.0271. The molecule has 0 unspecified atom stereocenters. The lowest BCUT2D eigenvalue weighted by molar-refractivity contribution is 0.257. The summed E-state index contributed by atoms with van der Waals surface area (Å²) in [5.74, 6) is -0.0271. The zero-order valence-electron chi connectivity index (χ0n) is 11.8. The van der Waals surface area contributed by atoms with Gasteiger partial charge in [0.2, 0.25) is 0 Å². The molecule has 0 fully saturated rings. The second-order valence-corrected chi connectivity index (χ2v) is 5.71. The van der Waals surface area contributed by atoms with Crippen LogP contribution in [0.1, 0.15) is 45.1 Å². The van der Waals surface area contributed by atoms with E-state index >= 15 is 0 Å². The predicted octanol–water partition coefficient (Wildman–Crippen LogP) is 5.10. The number of unbranched alkanes of at least 4 members (excludes halogenated alkanes) is 2. The number of halogens is 2. The molecule has 0 atom stereocenters. The Hall–Kier alpha value is -0.440. The van der Waals surface area contributed by atoms with Gasteiger partial charge >= 0.3 is 0 Å². The van der Waals surface area contributed by atoms with Gasteiger partial charge in [-0.25, -0.2) is 0 Å². The third-order valence-corrected chi connectivity index (χ3v) is 3.71. The van der Waals surface area contributed by atoms with Crippen molar-refractivity contribution in [3.63, 3.8) is 0 Å². The second-order valence-electron chi connectivity index (χ2n) is 4.89. The lowest BCUT2D eigenvalue weighted by atomic mass is 10.1. The highest BCUT2D eigenvalue weighted by Gasteiger charge is 2.10. The highest BCUT2D eigenvalue weighted by molar-refractivity contribution is 6.37. The molecule has 0 bridgehead atoms. The minimum Gasteiger partial charge on any atom is -0.505 e. The van der Waals surface area contributed by atoms with Crippen LogP contribution < -0.4 is 0 Å². The maximum Gasteiger partial charge on any atom is 0.152 e. The van der Waals surface area contributed by atoms with Crippen LogP contribution in [0.2, 0.25) is 10.0 Å². The number of aromatic hydroxyl groups is 1. The summed E-state index contributed by atoms with van der Waals surface area (Å²) in [6, 6.07) is 3.60. The second kappa shape index (κ2) is 8.68. The summed E-state index contributed by atoms with van der Waals surface area (Å²) in [5.41, 5.74) is 1.06. The SMILES string of the molecule is CCCCN(CCCC)Cc1cc(Cl)c(O)c(Cl)c1. The number of hydrogen-bond acceptors (Lipinski definition) is 2. The molecular formula is C15H23Cl2NO. The van der Waals surface area contributed by atoms with Crippen LogP contribution in [0, 0.1) is 0 Å². The Morgan fingerprint density at radius 3 is 1.89 bits per heavy atom. The van der Waals surface area contributed by atoms with Gasteiger partial charge in [-0.3, -0.25) is 4.90 Å². The molecule has 108 valence electrons. The molecule has 0 aromatic heterocycles. The van der Waals surface area contributed by atoms with Gasteiger partial charge in [-0.1, -0.05) is 49.9 Å². The van der Waals surface area contributed by atoms with Crippen LogP contribution in [-0.4, -0.2) is 23.1 Å². The molecule has 0 aliphatic heterocycles. The van der Waals surface area contributed by atoms with E-state index in [1.807, 2.05) is 0 Å². The molecule has 0 radical (unpaired) electrons. The van der Waals surface area contributed by atoms with Crippen LogP contribution in [0.5, 0.6) is 5.75 Å². The molecule has 0 heterocycles. The standard InChI is InChI=1S/C15H23Cl2NO/c1-3-5-7-18(8-6-4-2)11-12-9-13(16)15(19)14(17)10-12/h9-10,19H,3-8,11H2,1-2H3. The van der Waals surface area contributed by atoms with E-state index in [1.165, 1.54) is 25.7 Å². The van der Waals surface area contributed by atoms with Gasteiger partial charge in [0, 0.05) is 6.54 Å². The van der Waals surface area contributed by atoms with E-state index in [-0.39, 0.29) is 5.75 Å². The Labute approximate surface area is 126 Å². The van der Waals surface area contributed by atoms with Crippen LogP contribution >= 0.6 is 23.2 Å². The van der Waals surface area contributed by atoms with Gasteiger partial charge < -0.3 is 5.11 Å². The van der Waals surface area contributed by atoms with Gasteiger partial charge in [-0.15, -0.1) is 0 Å². The summed E-state index contributed by atoms with van der Waals surface area (Å²) in [7, 11) is 0. The molecule has 0 saturated carbocycles. The van der Waals surface area contributed by atoms with Crippen molar-refractivity contribution in [2.45, 2.75) is 46.1 Å². The van der Waals surface area contributed by atoms with Gasteiger partial charge in [0.05, 0.1) is 10.0 Å². The lowest BCUT2D eigenvalue weighted by Crippen LogP contribution is -2.25. The largest absolute Gasteiger partial charge is 0.505 e. The van der Waals surface area contributed by atoms with Gasteiger partial charge in [-0.2, -0.15) is 0 Å². The van der Waals surface area contributed by atoms with Gasteiger partial charge in [0.25, 0.3) is 0 Å². The number of nitrogens with zero attached hydrogens (tertiary/aromatic N) is 1. The maximum absolute atomic E-state index is 9.57. The van der Waals surface area contributed by atoms with E-state index in [4.69, 9.17) is 23.2 Å². The fraction of sp³-hybridized carbons (Fsp3) is 0.600. The number of phenolic OH excluding ortho intramolecular Hbond substituents is 1. The van der Waals surface area contributed by atoms with E-state index in [2.05, 4.69) is 18.7 Å². The molecule has 1 rings (SSSR count). The predicted molar refractivity (Wildman–Crippen MR) is 83.2 cm³/mol. The first-order chi connectivity index (χ1) is 9.08. The van der Waals surface area contributed by atoms with Crippen molar-refractivity contribution in [3.05, 3.63) is 27.7 Å². The Kier molecular flexibility index (Phi) is 7.59. The molecule has 1 N–H and O–H groups in total. The normalized spacial score (nSPS) is 11.2. The summed E-state index contributed by atoms with van der Waals surface area (Å²) in [6.45, 7) is 7.41. The van der Waals surface area contributed by atoms with Crippen molar-refractivity contribution in [1.29, 1.82) is 0 Å². The number of phenols is 1. The lowest BCUT2D eigenvalue weighted by Gasteiger charge is -2.22. The smallest absolute Gasteiger partial charge is 0.152 e. The van der Waals surface area contributed by atoms with E-state index < -0.39 is 0 Å². The highest BCUT2D eigenvalue weighted by Crippen LogP contribution is 2.33. The molecule has 4 heteroatoms. The van der Waals surface area contributed by atoms with Crippen molar-refractivity contribution in [3.8, 4) is 5.75 Å². The molecule has 0 saturated heterocycles. The Balaban J connectivity index is 2.71. The molecule has 0 amide bonds. The molecule has 19 heavy (non-hydrogen) atoms. The average molecular weight is 304 g/mol. The van der Waals surface area contributed by atoms with Crippen molar-refractivity contribution in [2.24, 2.45) is 0 Å². The fourth-order valence-corrected chi connectivity index (χ4v) is 2.53. The van der Waals surface area contributed by atoms with Crippen LogP contribution in [0.4, 0.5) is 0 Å². The van der Waals surface area contributed by atoms with E-state index in [0.29, 0.717) is 10.0 Å². The Bertz CT molecular complexity index is 365. The molecule has 1 aromatic rings. The third-order valence-electron chi connectivity index (χ3n) is 3.14. The van der Waals surface area contributed by atoms with Crippen LogP contribution in [0.25, 0.3) is 0 Å². The van der Waals surface area contributed by atoms with Crippen LogP contribution in [0.15, 0.2) is 12.1 Å². The fourth-order valence-electron chi connectivity index (χ4n) is 2.00. The van der Waals surface area contributed by atoms with Crippen molar-refractivity contribution >= 4 is 23.2 Å². The first-order valence-corrected chi connectivity index (χ1v) is 7.73. The minimum atomic E-state index is -0.0271. The monoisotopic (exact) mass is 303 g/mol. The summed E-state index contributed by atoms with van der Waals surface area (Å²) in [6.07, 6.45) is 4.78. The van der Waals surface area contributed by atoms with Crippen LogP contribution in [0.3, 0.4) is 0 Å². The van der Waals surface area contributed by atoms with Gasteiger partial charge in [0.15, 0.2) is 5.75 Å². The van der Waals surface area contributed by atoms with Crippen molar-refractivity contribution in [2.75, 3.05) is 13.1 Å². The molecular weight excluding hydrogens is 281 g/mol. The van der Waals surface area contributed by atoms with Crippen LogP contribution in [-0.2, 0) is 6.54 Å². The Morgan fingerprint density at radius 1 is 1.00 bits per heavy atom. The first kappa shape index (κ1) is 16.6. The zero-order chi connectivity index (χ0) is 14.3.